The smallest absolute Gasteiger partial charge is 0.250 e. The molecule has 0 amide bonds. The molecule has 0 aromatic carbocycles. The first-order valence-electron chi connectivity index (χ1n) is 6.02. The average Bonchev–Trinajstić information content (AvgIpc) is 2.78. The number of thiophene rings is 1. The van der Waals surface area contributed by atoms with E-state index < -0.39 is 10.0 Å². The molecule has 1 aromatic rings. The van der Waals surface area contributed by atoms with Crippen molar-refractivity contribution in [2.45, 2.75) is 10.3 Å². The molecule has 19 heavy (non-hydrogen) atoms. The van der Waals surface area contributed by atoms with Crippen LogP contribution in [0.25, 0.3) is 0 Å². The van der Waals surface area contributed by atoms with Gasteiger partial charge < -0.3 is 4.90 Å². The lowest BCUT2D eigenvalue weighted by molar-refractivity contribution is 0.117. The third kappa shape index (κ3) is 3.90. The summed E-state index contributed by atoms with van der Waals surface area (Å²) in [4.78, 5) is 4.39. The van der Waals surface area contributed by atoms with Crippen molar-refractivity contribution in [1.29, 1.82) is 0 Å². The van der Waals surface area contributed by atoms with Gasteiger partial charge in [-0.25, -0.2) is 13.1 Å². The predicted octanol–water partition coefficient (Wildman–Crippen LogP) is 0.926. The molecule has 1 aromatic heterocycles. The highest BCUT2D eigenvalue weighted by atomic mass is 35.5. The molecule has 0 saturated carbocycles. The van der Waals surface area contributed by atoms with Crippen LogP contribution >= 0.6 is 22.9 Å². The van der Waals surface area contributed by atoms with E-state index in [0.29, 0.717) is 10.9 Å². The molecule has 1 aliphatic heterocycles. The molecule has 108 valence electrons. The van der Waals surface area contributed by atoms with E-state index in [-0.39, 0.29) is 10.3 Å². The van der Waals surface area contributed by atoms with Crippen LogP contribution in [0.5, 0.6) is 0 Å². The van der Waals surface area contributed by atoms with Crippen LogP contribution in [0.2, 0.25) is 4.34 Å². The fourth-order valence-electron chi connectivity index (χ4n) is 2.04. The number of hydrogen-bond donors (Lipinski definition) is 1. The van der Waals surface area contributed by atoms with Gasteiger partial charge in [0.25, 0.3) is 0 Å². The van der Waals surface area contributed by atoms with Crippen molar-refractivity contribution in [1.82, 2.24) is 14.5 Å². The Hall–Kier alpha value is -0.180. The van der Waals surface area contributed by atoms with Gasteiger partial charge in [-0.05, 0) is 26.2 Å². The lowest BCUT2D eigenvalue weighted by atomic mass is 10.2. The monoisotopic (exact) mass is 323 g/mol. The van der Waals surface area contributed by atoms with E-state index in [0.717, 1.165) is 31.0 Å². The van der Waals surface area contributed by atoms with Gasteiger partial charge in [0.15, 0.2) is 0 Å². The molecule has 0 radical (unpaired) electrons. The number of hydrogen-bond acceptors (Lipinski definition) is 5. The molecule has 0 bridgehead atoms. The lowest BCUT2D eigenvalue weighted by Gasteiger charge is -2.37. The minimum absolute atomic E-state index is 0.198. The van der Waals surface area contributed by atoms with Crippen LogP contribution in [0, 0.1) is 0 Å². The number of nitrogens with one attached hydrogen (secondary N) is 1. The van der Waals surface area contributed by atoms with Crippen LogP contribution in [0.1, 0.15) is 0 Å². The molecule has 2 heterocycles. The van der Waals surface area contributed by atoms with Crippen LogP contribution < -0.4 is 4.72 Å². The summed E-state index contributed by atoms with van der Waals surface area (Å²) in [5.41, 5.74) is 0. The highest BCUT2D eigenvalue weighted by Gasteiger charge is 2.24. The van der Waals surface area contributed by atoms with E-state index in [1.165, 1.54) is 6.07 Å². The fourth-order valence-corrected chi connectivity index (χ4v) is 4.64. The normalized spacial score (nSPS) is 22.8. The highest BCUT2D eigenvalue weighted by molar-refractivity contribution is 7.91. The Balaban J connectivity index is 1.98. The summed E-state index contributed by atoms with van der Waals surface area (Å²) >= 11 is 6.84. The van der Waals surface area contributed by atoms with Crippen LogP contribution in [-0.4, -0.2) is 64.5 Å². The molecule has 2 rings (SSSR count). The van der Waals surface area contributed by atoms with E-state index in [9.17, 15) is 8.42 Å². The van der Waals surface area contributed by atoms with Crippen LogP contribution in [0.4, 0.5) is 0 Å². The second kappa shape index (κ2) is 6.07. The molecular weight excluding hydrogens is 306 g/mol. The van der Waals surface area contributed by atoms with Gasteiger partial charge in [0.1, 0.15) is 4.21 Å². The van der Waals surface area contributed by atoms with Crippen molar-refractivity contribution in [3.05, 3.63) is 16.5 Å². The minimum atomic E-state index is -3.44. The third-order valence-electron chi connectivity index (χ3n) is 3.30. The Morgan fingerprint density at radius 3 is 2.79 bits per heavy atom. The summed E-state index contributed by atoms with van der Waals surface area (Å²) in [5.74, 6) is 0. The van der Waals surface area contributed by atoms with Gasteiger partial charge in [-0.1, -0.05) is 11.6 Å². The number of rotatable bonds is 4. The molecule has 1 saturated heterocycles. The van der Waals surface area contributed by atoms with Crippen molar-refractivity contribution in [3.8, 4) is 0 Å². The van der Waals surface area contributed by atoms with Gasteiger partial charge in [-0.15, -0.1) is 11.3 Å². The fraction of sp³-hybridized carbons (Fsp3) is 0.636. The molecule has 1 atom stereocenters. The average molecular weight is 324 g/mol. The first kappa shape index (κ1) is 15.2. The van der Waals surface area contributed by atoms with Crippen molar-refractivity contribution >= 4 is 33.0 Å². The Kier molecular flexibility index (Phi) is 4.86. The molecule has 5 nitrogen and oxygen atoms in total. The molecule has 1 aliphatic rings. The Labute approximate surface area is 123 Å². The van der Waals surface area contributed by atoms with Crippen LogP contribution in [-0.2, 0) is 10.0 Å². The minimum Gasteiger partial charge on any atom is -0.303 e. The quantitative estimate of drug-likeness (QED) is 0.895. The maximum atomic E-state index is 12.1. The zero-order valence-electron chi connectivity index (χ0n) is 11.0. The van der Waals surface area contributed by atoms with Crippen LogP contribution in [0.15, 0.2) is 16.3 Å². The zero-order chi connectivity index (χ0) is 14.0. The molecule has 8 heteroatoms. The number of sulfonamides is 1. The third-order valence-corrected chi connectivity index (χ3v) is 6.45. The predicted molar refractivity (Wildman–Crippen MR) is 78.4 cm³/mol. The maximum absolute atomic E-state index is 12.1. The largest absolute Gasteiger partial charge is 0.303 e. The molecule has 0 spiro atoms. The SMILES string of the molecule is CN1CCN(C)[C@H](CNS(=O)(=O)c2ccc(Cl)s2)C1. The molecular formula is C11H18ClN3O2S2. The summed E-state index contributed by atoms with van der Waals surface area (Å²) in [6, 6.07) is 3.33. The van der Waals surface area contributed by atoms with E-state index >= 15 is 0 Å². The van der Waals surface area contributed by atoms with E-state index in [1.54, 1.807) is 6.07 Å². The summed E-state index contributed by atoms with van der Waals surface area (Å²) in [7, 11) is 0.630. The number of piperazine rings is 1. The lowest BCUT2D eigenvalue weighted by Crippen LogP contribution is -2.54. The molecule has 0 unspecified atom stereocenters. The Morgan fingerprint density at radius 2 is 2.16 bits per heavy atom. The molecule has 1 fully saturated rings. The number of nitrogens with zero attached hydrogens (tertiary/aromatic N) is 2. The number of likely N-dealkylation sites (N-methyl/N-ethyl adjacent to an activating group) is 2. The van der Waals surface area contributed by atoms with Gasteiger partial charge in [0.05, 0.1) is 4.34 Å². The molecule has 0 aliphatic carbocycles. The summed E-state index contributed by atoms with van der Waals surface area (Å²) < 4.78 is 27.6. The van der Waals surface area contributed by atoms with Crippen molar-refractivity contribution in [2.24, 2.45) is 0 Å². The van der Waals surface area contributed by atoms with Crippen molar-refractivity contribution in [3.63, 3.8) is 0 Å². The Morgan fingerprint density at radius 1 is 1.42 bits per heavy atom. The van der Waals surface area contributed by atoms with Crippen molar-refractivity contribution in [2.75, 3.05) is 40.3 Å². The topological polar surface area (TPSA) is 52.6 Å². The summed E-state index contributed by atoms with van der Waals surface area (Å²) in [6.45, 7) is 3.25. The second-order valence-electron chi connectivity index (χ2n) is 4.81. The summed E-state index contributed by atoms with van der Waals surface area (Å²) in [6.07, 6.45) is 0. The summed E-state index contributed by atoms with van der Waals surface area (Å²) in [5, 5.41) is 0. The van der Waals surface area contributed by atoms with Gasteiger partial charge in [-0.3, -0.25) is 4.90 Å². The first-order valence-corrected chi connectivity index (χ1v) is 8.70. The Bertz CT molecular complexity index is 532. The van der Waals surface area contributed by atoms with E-state index in [4.69, 9.17) is 11.6 Å². The highest BCUT2D eigenvalue weighted by Crippen LogP contribution is 2.25. The van der Waals surface area contributed by atoms with E-state index in [1.807, 2.05) is 14.1 Å². The second-order valence-corrected chi connectivity index (χ2v) is 8.52. The number of halogens is 1. The van der Waals surface area contributed by atoms with Crippen LogP contribution in [0.3, 0.4) is 0 Å². The van der Waals surface area contributed by atoms with Gasteiger partial charge in [-0.2, -0.15) is 0 Å². The van der Waals surface area contributed by atoms with Crippen molar-refractivity contribution < 1.29 is 8.42 Å². The van der Waals surface area contributed by atoms with Gasteiger partial charge in [0.2, 0.25) is 10.0 Å². The maximum Gasteiger partial charge on any atom is 0.250 e. The first-order chi connectivity index (χ1) is 8.88. The standard InChI is InChI=1S/C11H18ClN3O2S2/c1-14-5-6-15(2)9(8-14)7-13-19(16,17)11-4-3-10(12)18-11/h3-4,9,13H,5-8H2,1-2H3/t9-/m1/s1. The van der Waals surface area contributed by atoms with Gasteiger partial charge in [0, 0.05) is 32.2 Å². The molecule has 1 N–H and O–H groups in total. The zero-order valence-corrected chi connectivity index (χ0v) is 13.4. The van der Waals surface area contributed by atoms with E-state index in [2.05, 4.69) is 14.5 Å². The van der Waals surface area contributed by atoms with Gasteiger partial charge >= 0.3 is 0 Å².